The third kappa shape index (κ3) is 4.44. The fraction of sp³-hybridized carbons (Fsp3) is 0.357. The highest BCUT2D eigenvalue weighted by atomic mass is 35.5. The zero-order chi connectivity index (χ0) is 16.1. The second-order valence-electron chi connectivity index (χ2n) is 4.89. The van der Waals surface area contributed by atoms with Gasteiger partial charge in [-0.25, -0.2) is 9.69 Å². The molecule has 0 spiro atoms. The van der Waals surface area contributed by atoms with Crippen LogP contribution in [-0.4, -0.2) is 61.0 Å². The molecule has 1 aromatic carbocycles. The van der Waals surface area contributed by atoms with Gasteiger partial charge in [-0.2, -0.15) is 0 Å². The molecule has 2 rings (SSSR count). The molecule has 0 radical (unpaired) electrons. The molecule has 0 saturated carbocycles. The van der Waals surface area contributed by atoms with Gasteiger partial charge in [0.15, 0.2) is 0 Å². The van der Waals surface area contributed by atoms with Crippen LogP contribution in [0.3, 0.4) is 0 Å². The molecule has 7 nitrogen and oxygen atoms in total. The zero-order valence-corrected chi connectivity index (χ0v) is 12.8. The average Bonchev–Trinajstić information content (AvgIpc) is 2.87. The zero-order valence-electron chi connectivity index (χ0n) is 12.0. The first kappa shape index (κ1) is 16.3. The third-order valence-electron chi connectivity index (χ3n) is 3.01. The summed E-state index contributed by atoms with van der Waals surface area (Å²) in [5.41, 5.74) is 0.622. The van der Waals surface area contributed by atoms with E-state index >= 15 is 0 Å². The number of carbonyl (C=O) groups is 3. The van der Waals surface area contributed by atoms with E-state index in [4.69, 9.17) is 16.3 Å². The van der Waals surface area contributed by atoms with Gasteiger partial charge in [-0.3, -0.25) is 14.5 Å². The van der Waals surface area contributed by atoms with Gasteiger partial charge in [-0.05, 0) is 31.3 Å². The lowest BCUT2D eigenvalue weighted by Crippen LogP contribution is -2.41. The van der Waals surface area contributed by atoms with Crippen molar-refractivity contribution in [2.45, 2.75) is 0 Å². The first-order valence-electron chi connectivity index (χ1n) is 6.67. The number of carbonyl (C=O) groups excluding carboxylic acids is 3. The Kier molecular flexibility index (Phi) is 5.35. The molecule has 0 atom stereocenters. The van der Waals surface area contributed by atoms with Crippen LogP contribution in [0.5, 0.6) is 0 Å². The van der Waals surface area contributed by atoms with Crippen LogP contribution in [0.25, 0.3) is 0 Å². The Morgan fingerprint density at radius 3 is 2.59 bits per heavy atom. The molecule has 1 aromatic rings. The van der Waals surface area contributed by atoms with Crippen molar-refractivity contribution in [2.24, 2.45) is 0 Å². The van der Waals surface area contributed by atoms with Gasteiger partial charge in [0.25, 0.3) is 0 Å². The molecule has 1 aliphatic heterocycles. The van der Waals surface area contributed by atoms with Gasteiger partial charge < -0.3 is 10.1 Å². The number of halogens is 1. The second kappa shape index (κ2) is 7.24. The number of benzene rings is 1. The van der Waals surface area contributed by atoms with Crippen LogP contribution in [0, 0.1) is 0 Å². The summed E-state index contributed by atoms with van der Waals surface area (Å²) in [7, 11) is 1.63. The lowest BCUT2D eigenvalue weighted by molar-refractivity contribution is -0.129. The van der Waals surface area contributed by atoms with E-state index in [1.54, 1.807) is 31.3 Å². The standard InChI is InChI=1S/C14H16ClN3O4/c1-17(9-13(20)18-6-7-22-14(18)21)8-12(19)16-11-4-2-10(15)3-5-11/h2-5H,6-9H2,1H3,(H,16,19). The Bertz CT molecular complexity index is 576. The minimum absolute atomic E-state index is 0.0251. The molecule has 0 unspecified atom stereocenters. The number of amides is 3. The van der Waals surface area contributed by atoms with Gasteiger partial charge in [0, 0.05) is 10.7 Å². The van der Waals surface area contributed by atoms with E-state index in [1.165, 1.54) is 4.90 Å². The number of hydrogen-bond acceptors (Lipinski definition) is 5. The Hall–Kier alpha value is -2.12. The van der Waals surface area contributed by atoms with E-state index in [1.807, 2.05) is 0 Å². The molecule has 22 heavy (non-hydrogen) atoms. The lowest BCUT2D eigenvalue weighted by Gasteiger charge is -2.18. The van der Waals surface area contributed by atoms with Gasteiger partial charge in [0.2, 0.25) is 11.8 Å². The van der Waals surface area contributed by atoms with E-state index in [0.29, 0.717) is 10.7 Å². The maximum Gasteiger partial charge on any atom is 0.416 e. The monoisotopic (exact) mass is 325 g/mol. The lowest BCUT2D eigenvalue weighted by atomic mass is 10.3. The number of nitrogens with zero attached hydrogens (tertiary/aromatic N) is 2. The van der Waals surface area contributed by atoms with E-state index in [2.05, 4.69) is 5.32 Å². The van der Waals surface area contributed by atoms with Crippen LogP contribution in [0.15, 0.2) is 24.3 Å². The van der Waals surface area contributed by atoms with Crippen molar-refractivity contribution in [3.8, 4) is 0 Å². The molecule has 1 aliphatic rings. The number of cyclic esters (lactones) is 1. The number of hydrogen-bond donors (Lipinski definition) is 1. The molecule has 0 aliphatic carbocycles. The van der Waals surface area contributed by atoms with Crippen molar-refractivity contribution < 1.29 is 19.1 Å². The molecule has 8 heteroatoms. The molecule has 1 saturated heterocycles. The molecular weight excluding hydrogens is 310 g/mol. The third-order valence-corrected chi connectivity index (χ3v) is 3.26. The van der Waals surface area contributed by atoms with Crippen molar-refractivity contribution in [1.82, 2.24) is 9.80 Å². The highest BCUT2D eigenvalue weighted by Gasteiger charge is 2.28. The first-order chi connectivity index (χ1) is 10.5. The SMILES string of the molecule is CN(CC(=O)Nc1ccc(Cl)cc1)CC(=O)N1CCOC1=O. The summed E-state index contributed by atoms with van der Waals surface area (Å²) in [6.07, 6.45) is -0.635. The molecule has 118 valence electrons. The first-order valence-corrected chi connectivity index (χ1v) is 7.04. The second-order valence-corrected chi connectivity index (χ2v) is 5.32. The van der Waals surface area contributed by atoms with E-state index in [0.717, 1.165) is 4.90 Å². The number of anilines is 1. The largest absolute Gasteiger partial charge is 0.447 e. The fourth-order valence-corrected chi connectivity index (χ4v) is 2.10. The molecule has 1 heterocycles. The molecule has 1 N–H and O–H groups in total. The van der Waals surface area contributed by atoms with Gasteiger partial charge in [-0.1, -0.05) is 11.6 Å². The Morgan fingerprint density at radius 2 is 2.00 bits per heavy atom. The van der Waals surface area contributed by atoms with Crippen LogP contribution in [0.2, 0.25) is 5.02 Å². The predicted octanol–water partition coefficient (Wildman–Crippen LogP) is 1.19. The normalized spacial score (nSPS) is 14.1. The van der Waals surface area contributed by atoms with Gasteiger partial charge in [-0.15, -0.1) is 0 Å². The maximum absolute atomic E-state index is 11.9. The number of likely N-dealkylation sites (N-methyl/N-ethyl adjacent to an activating group) is 1. The van der Waals surface area contributed by atoms with Crippen molar-refractivity contribution >= 4 is 35.2 Å². The fourth-order valence-electron chi connectivity index (χ4n) is 1.97. The summed E-state index contributed by atoms with van der Waals surface area (Å²) in [5, 5.41) is 3.28. The van der Waals surface area contributed by atoms with Crippen LogP contribution in [0.4, 0.5) is 10.5 Å². The number of ether oxygens (including phenoxy) is 1. The number of nitrogens with one attached hydrogen (secondary N) is 1. The number of imide groups is 1. The Morgan fingerprint density at radius 1 is 1.32 bits per heavy atom. The smallest absolute Gasteiger partial charge is 0.416 e. The van der Waals surface area contributed by atoms with Crippen molar-refractivity contribution in [3.05, 3.63) is 29.3 Å². The Balaban J connectivity index is 1.79. The summed E-state index contributed by atoms with van der Waals surface area (Å²) in [6.45, 7) is 0.453. The van der Waals surface area contributed by atoms with Crippen molar-refractivity contribution in [1.29, 1.82) is 0 Å². The average molecular weight is 326 g/mol. The highest BCUT2D eigenvalue weighted by Crippen LogP contribution is 2.13. The van der Waals surface area contributed by atoms with Gasteiger partial charge in [0.1, 0.15) is 6.61 Å². The summed E-state index contributed by atoms with van der Waals surface area (Å²) in [6, 6.07) is 6.71. The maximum atomic E-state index is 11.9. The van der Waals surface area contributed by atoms with Crippen LogP contribution in [-0.2, 0) is 14.3 Å². The molecular formula is C14H16ClN3O4. The van der Waals surface area contributed by atoms with Crippen LogP contribution in [0.1, 0.15) is 0 Å². The summed E-state index contributed by atoms with van der Waals surface area (Å²) >= 11 is 5.76. The van der Waals surface area contributed by atoms with Crippen LogP contribution >= 0.6 is 11.6 Å². The van der Waals surface area contributed by atoms with E-state index in [-0.39, 0.29) is 38.1 Å². The van der Waals surface area contributed by atoms with E-state index in [9.17, 15) is 14.4 Å². The molecule has 1 fully saturated rings. The molecule has 3 amide bonds. The quantitative estimate of drug-likeness (QED) is 0.879. The summed E-state index contributed by atoms with van der Waals surface area (Å²) in [5.74, 6) is -0.647. The van der Waals surface area contributed by atoms with E-state index < -0.39 is 6.09 Å². The highest BCUT2D eigenvalue weighted by molar-refractivity contribution is 6.30. The molecule has 0 bridgehead atoms. The van der Waals surface area contributed by atoms with Crippen molar-refractivity contribution in [2.75, 3.05) is 38.6 Å². The summed E-state index contributed by atoms with van der Waals surface area (Å²) < 4.78 is 4.70. The minimum atomic E-state index is -0.635. The summed E-state index contributed by atoms with van der Waals surface area (Å²) in [4.78, 5) is 37.6. The number of rotatable bonds is 5. The van der Waals surface area contributed by atoms with Gasteiger partial charge >= 0.3 is 6.09 Å². The topological polar surface area (TPSA) is 79.0 Å². The molecule has 0 aromatic heterocycles. The predicted molar refractivity (Wildman–Crippen MR) is 80.6 cm³/mol. The van der Waals surface area contributed by atoms with Gasteiger partial charge in [0.05, 0.1) is 19.6 Å². The minimum Gasteiger partial charge on any atom is -0.447 e. The van der Waals surface area contributed by atoms with Crippen LogP contribution < -0.4 is 5.32 Å². The van der Waals surface area contributed by atoms with Crippen molar-refractivity contribution in [3.63, 3.8) is 0 Å². The Labute approximate surface area is 132 Å².